The SMILES string of the molecule is CC[C@H](N)C(=O)N[C@@H]1C(=O)N2[C@@H](CC[C@@H]1CNC(=N)N)CC[C@H]2C(=O)NC(c1ccccc1)c1ccccc1. The summed E-state index contributed by atoms with van der Waals surface area (Å²) in [6.07, 6.45) is 3.00. The standard InChI is InChI=1S/C29H39N7O3/c1-2-22(30)26(37)35-25-20(17-33-29(31)32)13-14-21-15-16-23(36(21)28(25)39)27(38)34-24(18-9-5-3-6-10-18)19-11-7-4-8-12-19/h3-12,20-25H,2,13-17,30H2,1H3,(H,34,38)(H,35,37)(H4,31,32,33)/t20-,21+,22+,23+,25+/m1/s1. The van der Waals surface area contributed by atoms with Crippen molar-refractivity contribution in [3.05, 3.63) is 71.8 Å². The number of rotatable bonds is 9. The molecule has 0 radical (unpaired) electrons. The van der Waals surface area contributed by atoms with E-state index in [2.05, 4.69) is 16.0 Å². The Morgan fingerprint density at radius 3 is 2.15 bits per heavy atom. The number of carbonyl (C=O) groups excluding carboxylic acids is 3. The van der Waals surface area contributed by atoms with Gasteiger partial charge in [-0.3, -0.25) is 19.8 Å². The van der Waals surface area contributed by atoms with Crippen LogP contribution in [0.15, 0.2) is 60.7 Å². The van der Waals surface area contributed by atoms with Crippen LogP contribution in [0.4, 0.5) is 0 Å². The zero-order valence-corrected chi connectivity index (χ0v) is 22.3. The highest BCUT2D eigenvalue weighted by atomic mass is 16.2. The largest absolute Gasteiger partial charge is 0.370 e. The van der Waals surface area contributed by atoms with Gasteiger partial charge in [-0.1, -0.05) is 67.6 Å². The van der Waals surface area contributed by atoms with Gasteiger partial charge in [0.1, 0.15) is 12.1 Å². The molecule has 2 aliphatic heterocycles. The number of hydrogen-bond donors (Lipinski definition) is 6. The van der Waals surface area contributed by atoms with Crippen molar-refractivity contribution in [2.75, 3.05) is 6.54 Å². The molecule has 4 rings (SSSR count). The summed E-state index contributed by atoms with van der Waals surface area (Å²) in [5, 5.41) is 16.4. The van der Waals surface area contributed by atoms with E-state index in [0.717, 1.165) is 11.1 Å². The first kappa shape index (κ1) is 28.1. The minimum Gasteiger partial charge on any atom is -0.370 e. The van der Waals surface area contributed by atoms with Crippen LogP contribution >= 0.6 is 0 Å². The summed E-state index contributed by atoms with van der Waals surface area (Å²) in [6.45, 7) is 2.07. The van der Waals surface area contributed by atoms with Crippen LogP contribution in [0, 0.1) is 11.3 Å². The molecule has 2 heterocycles. The maximum atomic E-state index is 14.0. The lowest BCUT2D eigenvalue weighted by Crippen LogP contribution is -2.59. The molecule has 10 heteroatoms. The highest BCUT2D eigenvalue weighted by molar-refractivity contribution is 5.94. The predicted molar refractivity (Wildman–Crippen MR) is 149 cm³/mol. The smallest absolute Gasteiger partial charge is 0.246 e. The van der Waals surface area contributed by atoms with Crippen molar-refractivity contribution in [2.24, 2.45) is 17.4 Å². The van der Waals surface area contributed by atoms with Crippen molar-refractivity contribution in [1.29, 1.82) is 5.41 Å². The summed E-state index contributed by atoms with van der Waals surface area (Å²) in [7, 11) is 0. The highest BCUT2D eigenvalue weighted by Crippen LogP contribution is 2.34. The zero-order valence-electron chi connectivity index (χ0n) is 22.3. The van der Waals surface area contributed by atoms with E-state index >= 15 is 0 Å². The van der Waals surface area contributed by atoms with Crippen LogP contribution < -0.4 is 27.4 Å². The average Bonchev–Trinajstić information content (AvgIpc) is 3.33. The van der Waals surface area contributed by atoms with Gasteiger partial charge in [-0.2, -0.15) is 0 Å². The summed E-state index contributed by atoms with van der Waals surface area (Å²) < 4.78 is 0. The van der Waals surface area contributed by atoms with Gasteiger partial charge in [0.05, 0.1) is 12.1 Å². The zero-order chi connectivity index (χ0) is 27.9. The Labute approximate surface area is 229 Å². The van der Waals surface area contributed by atoms with Gasteiger partial charge >= 0.3 is 0 Å². The fraction of sp³-hybridized carbons (Fsp3) is 0.448. The van der Waals surface area contributed by atoms with Crippen LogP contribution in [0.25, 0.3) is 0 Å². The second-order valence-corrected chi connectivity index (χ2v) is 10.4. The van der Waals surface area contributed by atoms with Crippen molar-refractivity contribution in [3.63, 3.8) is 0 Å². The third-order valence-electron chi connectivity index (χ3n) is 7.85. The van der Waals surface area contributed by atoms with E-state index in [1.165, 1.54) is 0 Å². The van der Waals surface area contributed by atoms with E-state index in [4.69, 9.17) is 16.9 Å². The number of benzene rings is 2. The summed E-state index contributed by atoms with van der Waals surface area (Å²) in [5.74, 6) is -1.43. The molecule has 0 saturated carbocycles. The molecule has 0 aromatic heterocycles. The molecule has 2 fully saturated rings. The highest BCUT2D eigenvalue weighted by Gasteiger charge is 2.47. The van der Waals surface area contributed by atoms with Gasteiger partial charge in [-0.15, -0.1) is 0 Å². The number of carbonyl (C=O) groups is 3. The number of guanidine groups is 1. The van der Waals surface area contributed by atoms with E-state index in [9.17, 15) is 14.4 Å². The van der Waals surface area contributed by atoms with Crippen LogP contribution in [0.5, 0.6) is 0 Å². The Morgan fingerprint density at radius 2 is 1.59 bits per heavy atom. The number of nitrogens with one attached hydrogen (secondary N) is 4. The molecule has 8 N–H and O–H groups in total. The third-order valence-corrected chi connectivity index (χ3v) is 7.85. The van der Waals surface area contributed by atoms with Crippen molar-refractivity contribution in [2.45, 2.75) is 69.2 Å². The topological polar surface area (TPSA) is 166 Å². The molecule has 2 aromatic rings. The van der Waals surface area contributed by atoms with E-state index in [0.29, 0.717) is 32.1 Å². The summed E-state index contributed by atoms with van der Waals surface area (Å²) in [4.78, 5) is 42.3. The average molecular weight is 534 g/mol. The lowest BCUT2D eigenvalue weighted by Gasteiger charge is -2.33. The van der Waals surface area contributed by atoms with Gasteiger partial charge in [0.25, 0.3) is 0 Å². The molecule has 2 aliphatic rings. The van der Waals surface area contributed by atoms with Gasteiger partial charge in [0.2, 0.25) is 17.7 Å². The third kappa shape index (κ3) is 6.57. The molecule has 2 saturated heterocycles. The van der Waals surface area contributed by atoms with E-state index in [-0.39, 0.29) is 42.3 Å². The first-order chi connectivity index (χ1) is 18.8. The van der Waals surface area contributed by atoms with E-state index in [1.54, 1.807) is 11.8 Å². The van der Waals surface area contributed by atoms with Crippen molar-refractivity contribution in [1.82, 2.24) is 20.9 Å². The molecule has 0 unspecified atom stereocenters. The summed E-state index contributed by atoms with van der Waals surface area (Å²) >= 11 is 0. The van der Waals surface area contributed by atoms with E-state index < -0.39 is 24.0 Å². The number of amides is 3. The molecular formula is C29H39N7O3. The Hall–Kier alpha value is -3.92. The van der Waals surface area contributed by atoms with Gasteiger partial charge in [-0.05, 0) is 43.2 Å². The molecule has 10 nitrogen and oxygen atoms in total. The lowest BCUT2D eigenvalue weighted by atomic mass is 9.92. The van der Waals surface area contributed by atoms with Gasteiger partial charge in [0.15, 0.2) is 5.96 Å². The van der Waals surface area contributed by atoms with E-state index in [1.807, 2.05) is 60.7 Å². The Morgan fingerprint density at radius 1 is 1.00 bits per heavy atom. The number of hydrogen-bond acceptors (Lipinski definition) is 5. The molecule has 0 bridgehead atoms. The van der Waals surface area contributed by atoms with Crippen LogP contribution in [-0.4, -0.2) is 59.3 Å². The number of nitrogens with two attached hydrogens (primary N) is 2. The number of nitrogens with zero attached hydrogens (tertiary/aromatic N) is 1. The molecule has 5 atom stereocenters. The number of fused-ring (bicyclic) bond motifs is 1. The minimum atomic E-state index is -0.876. The van der Waals surface area contributed by atoms with Crippen LogP contribution in [-0.2, 0) is 14.4 Å². The monoisotopic (exact) mass is 533 g/mol. The molecular weight excluding hydrogens is 494 g/mol. The van der Waals surface area contributed by atoms with Crippen LogP contribution in [0.3, 0.4) is 0 Å². The molecule has 3 amide bonds. The van der Waals surface area contributed by atoms with Crippen molar-refractivity contribution < 1.29 is 14.4 Å². The Kier molecular flexibility index (Phi) is 9.19. The molecule has 2 aromatic carbocycles. The fourth-order valence-electron chi connectivity index (χ4n) is 5.67. The maximum absolute atomic E-state index is 14.0. The Balaban J connectivity index is 1.59. The molecule has 0 spiro atoms. The van der Waals surface area contributed by atoms with Gasteiger partial charge < -0.3 is 32.3 Å². The first-order valence-corrected chi connectivity index (χ1v) is 13.7. The summed E-state index contributed by atoms with van der Waals surface area (Å²) in [5.41, 5.74) is 13.4. The van der Waals surface area contributed by atoms with Crippen LogP contribution in [0.1, 0.15) is 56.2 Å². The predicted octanol–water partition coefficient (Wildman–Crippen LogP) is 1.37. The van der Waals surface area contributed by atoms with Crippen molar-refractivity contribution >= 4 is 23.7 Å². The minimum absolute atomic E-state index is 0.110. The quantitative estimate of drug-likeness (QED) is 0.210. The second-order valence-electron chi connectivity index (χ2n) is 10.4. The van der Waals surface area contributed by atoms with Crippen LogP contribution in [0.2, 0.25) is 0 Å². The molecule has 0 aliphatic carbocycles. The molecule has 39 heavy (non-hydrogen) atoms. The second kappa shape index (κ2) is 12.8. The lowest BCUT2D eigenvalue weighted by molar-refractivity contribution is -0.143. The van der Waals surface area contributed by atoms with Gasteiger partial charge in [0, 0.05) is 18.5 Å². The molecule has 208 valence electrons. The fourth-order valence-corrected chi connectivity index (χ4v) is 5.67. The summed E-state index contributed by atoms with van der Waals surface area (Å²) in [6, 6.07) is 16.7. The normalized spacial score (nSPS) is 23.5. The first-order valence-electron chi connectivity index (χ1n) is 13.7. The van der Waals surface area contributed by atoms with Gasteiger partial charge in [-0.25, -0.2) is 0 Å². The van der Waals surface area contributed by atoms with Crippen molar-refractivity contribution in [3.8, 4) is 0 Å². The Bertz CT molecular complexity index is 1120. The maximum Gasteiger partial charge on any atom is 0.246 e.